The van der Waals surface area contributed by atoms with Gasteiger partial charge >= 0.3 is 0 Å². The molecule has 25 heavy (non-hydrogen) atoms. The van der Waals surface area contributed by atoms with Crippen molar-refractivity contribution in [2.45, 2.75) is 49.7 Å². The molecule has 4 rings (SSSR count). The van der Waals surface area contributed by atoms with Crippen LogP contribution in [0.4, 0.5) is 5.69 Å². The van der Waals surface area contributed by atoms with Crippen LogP contribution in [0.15, 0.2) is 23.4 Å². The van der Waals surface area contributed by atoms with E-state index in [0.29, 0.717) is 35.4 Å². The van der Waals surface area contributed by atoms with Gasteiger partial charge in [-0.1, -0.05) is 24.6 Å². The lowest BCUT2D eigenvalue weighted by Gasteiger charge is -2.17. The first kappa shape index (κ1) is 16.3. The smallest absolute Gasteiger partial charge is 0.224 e. The van der Waals surface area contributed by atoms with Crippen molar-refractivity contribution in [1.82, 2.24) is 20.2 Å². The maximum Gasteiger partial charge on any atom is 0.224 e. The first-order valence-electron chi connectivity index (χ1n) is 8.57. The second-order valence-electron chi connectivity index (χ2n) is 6.48. The van der Waals surface area contributed by atoms with Crippen molar-refractivity contribution in [2.24, 2.45) is 0 Å². The number of aryl methyl sites for hydroxylation is 1. The van der Waals surface area contributed by atoms with Gasteiger partial charge in [-0.05, 0) is 53.5 Å². The number of Topliss-reactive ketones (excluding diaryl/α,β-unsaturated/α-hetero) is 1. The van der Waals surface area contributed by atoms with Gasteiger partial charge in [0, 0.05) is 17.7 Å². The summed E-state index contributed by atoms with van der Waals surface area (Å²) in [5.74, 6) is 0.379. The Labute approximate surface area is 149 Å². The van der Waals surface area contributed by atoms with Gasteiger partial charge in [0.25, 0.3) is 0 Å². The van der Waals surface area contributed by atoms with E-state index in [1.54, 1.807) is 6.07 Å². The van der Waals surface area contributed by atoms with Crippen LogP contribution in [0.1, 0.15) is 54.1 Å². The summed E-state index contributed by atoms with van der Waals surface area (Å²) >= 11 is 1.39. The molecule has 0 unspecified atom stereocenters. The number of rotatable bonds is 5. The van der Waals surface area contributed by atoms with Crippen molar-refractivity contribution >= 4 is 29.1 Å². The molecule has 1 amide bonds. The first-order valence-corrected chi connectivity index (χ1v) is 9.56. The van der Waals surface area contributed by atoms with Crippen LogP contribution in [0.3, 0.4) is 0 Å². The quantitative estimate of drug-likeness (QED) is 0.653. The molecule has 1 aliphatic carbocycles. The van der Waals surface area contributed by atoms with Crippen molar-refractivity contribution in [2.75, 3.05) is 11.1 Å². The predicted molar refractivity (Wildman–Crippen MR) is 93.8 cm³/mol. The van der Waals surface area contributed by atoms with Gasteiger partial charge < -0.3 is 5.32 Å². The van der Waals surface area contributed by atoms with Gasteiger partial charge in [-0.3, -0.25) is 9.59 Å². The van der Waals surface area contributed by atoms with E-state index in [2.05, 4.69) is 20.8 Å². The van der Waals surface area contributed by atoms with E-state index in [0.717, 1.165) is 24.1 Å². The Morgan fingerprint density at radius 2 is 2.12 bits per heavy atom. The number of hydrogen-bond acceptors (Lipinski definition) is 6. The number of benzene rings is 1. The van der Waals surface area contributed by atoms with Crippen molar-refractivity contribution in [3.63, 3.8) is 0 Å². The Kier molecular flexibility index (Phi) is 4.52. The fourth-order valence-electron chi connectivity index (χ4n) is 3.43. The zero-order valence-corrected chi connectivity index (χ0v) is 14.6. The summed E-state index contributed by atoms with van der Waals surface area (Å²) in [5.41, 5.74) is 2.50. The highest BCUT2D eigenvalue weighted by Gasteiger charge is 2.22. The summed E-state index contributed by atoms with van der Waals surface area (Å²) < 4.78 is 1.87. The summed E-state index contributed by atoms with van der Waals surface area (Å²) in [5, 5.41) is 15.5. The molecule has 0 atom stereocenters. The Morgan fingerprint density at radius 1 is 1.28 bits per heavy atom. The van der Waals surface area contributed by atoms with Gasteiger partial charge in [-0.2, -0.15) is 0 Å². The summed E-state index contributed by atoms with van der Waals surface area (Å²) in [6.45, 7) is 0. The molecule has 1 fully saturated rings. The lowest BCUT2D eigenvalue weighted by molar-refractivity contribution is -0.116. The molecule has 0 spiro atoms. The molecule has 7 nitrogen and oxygen atoms in total. The summed E-state index contributed by atoms with van der Waals surface area (Å²) in [7, 11) is 0. The number of carbonyl (C=O) groups is 2. The Morgan fingerprint density at radius 3 is 2.96 bits per heavy atom. The molecule has 1 N–H and O–H groups in total. The van der Waals surface area contributed by atoms with Crippen LogP contribution >= 0.6 is 11.8 Å². The van der Waals surface area contributed by atoms with E-state index < -0.39 is 0 Å². The zero-order valence-electron chi connectivity index (χ0n) is 13.8. The molecule has 0 saturated heterocycles. The van der Waals surface area contributed by atoms with Crippen LogP contribution in [0.25, 0.3) is 0 Å². The van der Waals surface area contributed by atoms with E-state index in [1.807, 2.05) is 16.8 Å². The molecular weight excluding hydrogens is 338 g/mol. The molecule has 0 bridgehead atoms. The molecule has 8 heteroatoms. The highest BCUT2D eigenvalue weighted by Crippen LogP contribution is 2.31. The average molecular weight is 357 g/mol. The molecule has 1 aliphatic heterocycles. The third-order valence-corrected chi connectivity index (χ3v) is 5.72. The van der Waals surface area contributed by atoms with Crippen LogP contribution in [0, 0.1) is 0 Å². The fraction of sp³-hybridized carbons (Fsp3) is 0.471. The number of ketones is 1. The number of thioether (sulfide) groups is 1. The second-order valence-corrected chi connectivity index (χ2v) is 7.42. The number of hydrogen-bond donors (Lipinski definition) is 1. The number of fused-ring (bicyclic) bond motifs is 1. The molecule has 2 aliphatic rings. The fourth-order valence-corrected chi connectivity index (χ4v) is 4.27. The van der Waals surface area contributed by atoms with Gasteiger partial charge in [0.05, 0.1) is 11.8 Å². The molecule has 1 aromatic carbocycles. The summed E-state index contributed by atoms with van der Waals surface area (Å²) in [6, 6.07) is 5.83. The predicted octanol–water partition coefficient (Wildman–Crippen LogP) is 2.65. The monoisotopic (exact) mass is 357 g/mol. The van der Waals surface area contributed by atoms with Gasteiger partial charge in [0.1, 0.15) is 0 Å². The minimum atomic E-state index is 0.0286. The van der Waals surface area contributed by atoms with Crippen molar-refractivity contribution < 1.29 is 9.59 Å². The average Bonchev–Trinajstić information content (AvgIpc) is 3.30. The van der Waals surface area contributed by atoms with Crippen LogP contribution < -0.4 is 5.32 Å². The summed E-state index contributed by atoms with van der Waals surface area (Å²) in [4.78, 5) is 24.0. The lowest BCUT2D eigenvalue weighted by Crippen LogP contribution is -2.19. The number of amides is 1. The van der Waals surface area contributed by atoms with E-state index in [-0.39, 0.29) is 11.7 Å². The molecule has 1 saturated carbocycles. The van der Waals surface area contributed by atoms with Gasteiger partial charge in [0.2, 0.25) is 11.1 Å². The van der Waals surface area contributed by atoms with Crippen LogP contribution in [-0.2, 0) is 11.2 Å². The molecule has 2 heterocycles. The van der Waals surface area contributed by atoms with Gasteiger partial charge in [0.15, 0.2) is 5.78 Å². The number of aromatic nitrogens is 4. The molecule has 130 valence electrons. The molecule has 2 aromatic rings. The number of anilines is 1. The number of tetrazole rings is 1. The van der Waals surface area contributed by atoms with Crippen LogP contribution in [0.5, 0.6) is 0 Å². The Bertz CT molecular complexity index is 813. The molecular formula is C17H19N5O2S. The maximum atomic E-state index is 12.5. The third kappa shape index (κ3) is 3.44. The van der Waals surface area contributed by atoms with Crippen LogP contribution in [0.2, 0.25) is 0 Å². The van der Waals surface area contributed by atoms with Gasteiger partial charge in [-0.15, -0.1) is 5.10 Å². The molecule has 1 aromatic heterocycles. The number of nitrogens with one attached hydrogen (secondary N) is 1. The SMILES string of the molecule is O=C1CCc2cc(C(=O)CSc3nnnn3C3CCCC3)ccc2N1. The third-order valence-electron chi connectivity index (χ3n) is 4.79. The standard InChI is InChI=1S/C17H19N5O2S/c23-15(12-5-7-14-11(9-12)6-8-16(24)18-14)10-25-17-19-20-21-22(17)13-3-1-2-4-13/h5,7,9,13H,1-4,6,8,10H2,(H,18,24). The highest BCUT2D eigenvalue weighted by atomic mass is 32.2. The van der Waals surface area contributed by atoms with E-state index in [4.69, 9.17) is 0 Å². The largest absolute Gasteiger partial charge is 0.326 e. The highest BCUT2D eigenvalue weighted by molar-refractivity contribution is 7.99. The van der Waals surface area contributed by atoms with Crippen LogP contribution in [-0.4, -0.2) is 37.7 Å². The minimum Gasteiger partial charge on any atom is -0.326 e. The van der Waals surface area contributed by atoms with Gasteiger partial charge in [-0.25, -0.2) is 4.68 Å². The van der Waals surface area contributed by atoms with Crippen molar-refractivity contribution in [1.29, 1.82) is 0 Å². The minimum absolute atomic E-state index is 0.0286. The summed E-state index contributed by atoms with van der Waals surface area (Å²) in [6.07, 6.45) is 5.76. The Hall–Kier alpha value is -2.22. The van der Waals surface area contributed by atoms with E-state index in [1.165, 1.54) is 24.6 Å². The second kappa shape index (κ2) is 6.95. The zero-order chi connectivity index (χ0) is 17.2. The molecule has 0 radical (unpaired) electrons. The first-order chi connectivity index (χ1) is 12.2. The van der Waals surface area contributed by atoms with Crippen molar-refractivity contribution in [3.8, 4) is 0 Å². The normalized spacial score (nSPS) is 17.4. The topological polar surface area (TPSA) is 89.8 Å². The maximum absolute atomic E-state index is 12.5. The van der Waals surface area contributed by atoms with E-state index in [9.17, 15) is 9.59 Å². The van der Waals surface area contributed by atoms with Crippen molar-refractivity contribution in [3.05, 3.63) is 29.3 Å². The van der Waals surface area contributed by atoms with E-state index >= 15 is 0 Å². The number of carbonyl (C=O) groups excluding carboxylic acids is 2. The lowest BCUT2D eigenvalue weighted by atomic mass is 9.99. The Balaban J connectivity index is 1.43. The number of nitrogens with zero attached hydrogens (tertiary/aromatic N) is 4.